The molecule has 0 aromatic heterocycles. The standard InChI is InChI=1S/C26H24ClN3O2/c27-22-13-11-21(12-14-22)26(32)30-18-16-29(17-19-30)24-9-5-4-8-23(24)28-25(31)15-10-20-6-2-1-3-7-20/h1-15H,16-19H2,(H,28,31)/b15-10+. The molecule has 0 bridgehead atoms. The van der Waals surface area contributed by atoms with E-state index in [1.165, 1.54) is 6.08 Å². The van der Waals surface area contributed by atoms with Gasteiger partial charge >= 0.3 is 0 Å². The molecule has 1 aliphatic rings. The third-order valence-corrected chi connectivity index (χ3v) is 5.64. The van der Waals surface area contributed by atoms with Gasteiger partial charge in [0.05, 0.1) is 11.4 Å². The van der Waals surface area contributed by atoms with Crippen LogP contribution >= 0.6 is 11.6 Å². The highest BCUT2D eigenvalue weighted by Gasteiger charge is 2.23. The van der Waals surface area contributed by atoms with E-state index in [9.17, 15) is 9.59 Å². The van der Waals surface area contributed by atoms with Gasteiger partial charge in [0.1, 0.15) is 0 Å². The minimum absolute atomic E-state index is 0.00829. The Morgan fingerprint density at radius 3 is 2.19 bits per heavy atom. The number of anilines is 2. The van der Waals surface area contributed by atoms with Crippen LogP contribution < -0.4 is 10.2 Å². The molecule has 3 aromatic carbocycles. The van der Waals surface area contributed by atoms with Crippen LogP contribution in [0.2, 0.25) is 5.02 Å². The lowest BCUT2D eigenvalue weighted by Gasteiger charge is -2.37. The van der Waals surface area contributed by atoms with E-state index >= 15 is 0 Å². The summed E-state index contributed by atoms with van der Waals surface area (Å²) in [7, 11) is 0. The average Bonchev–Trinajstić information content (AvgIpc) is 2.84. The van der Waals surface area contributed by atoms with Crippen LogP contribution in [0.4, 0.5) is 11.4 Å². The fraction of sp³-hybridized carbons (Fsp3) is 0.154. The van der Waals surface area contributed by atoms with E-state index in [-0.39, 0.29) is 11.8 Å². The number of nitrogens with zero attached hydrogens (tertiary/aromatic N) is 2. The number of nitrogens with one attached hydrogen (secondary N) is 1. The molecule has 0 radical (unpaired) electrons. The van der Waals surface area contributed by atoms with Gasteiger partial charge in [-0.1, -0.05) is 54.1 Å². The predicted molar refractivity (Wildman–Crippen MR) is 130 cm³/mol. The third kappa shape index (κ3) is 5.37. The molecule has 1 aliphatic heterocycles. The summed E-state index contributed by atoms with van der Waals surface area (Å²) in [4.78, 5) is 29.3. The number of para-hydroxylation sites is 2. The number of hydrogen-bond donors (Lipinski definition) is 1. The van der Waals surface area contributed by atoms with Crippen molar-refractivity contribution in [1.29, 1.82) is 0 Å². The van der Waals surface area contributed by atoms with Crippen LogP contribution in [0.3, 0.4) is 0 Å². The van der Waals surface area contributed by atoms with Gasteiger partial charge in [0.15, 0.2) is 0 Å². The first-order valence-corrected chi connectivity index (χ1v) is 10.9. The summed E-state index contributed by atoms with van der Waals surface area (Å²) in [6.45, 7) is 2.59. The van der Waals surface area contributed by atoms with Crippen molar-refractivity contribution >= 4 is 40.9 Å². The van der Waals surface area contributed by atoms with Crippen molar-refractivity contribution in [3.05, 3.63) is 101 Å². The molecule has 0 spiro atoms. The number of hydrogen-bond acceptors (Lipinski definition) is 3. The minimum atomic E-state index is -0.183. The molecule has 0 saturated carbocycles. The molecular formula is C26H24ClN3O2. The van der Waals surface area contributed by atoms with Crippen molar-refractivity contribution in [2.75, 3.05) is 36.4 Å². The van der Waals surface area contributed by atoms with Crippen molar-refractivity contribution in [2.24, 2.45) is 0 Å². The van der Waals surface area contributed by atoms with Gasteiger partial charge in [-0.15, -0.1) is 0 Å². The largest absolute Gasteiger partial charge is 0.366 e. The fourth-order valence-electron chi connectivity index (χ4n) is 3.69. The molecule has 162 valence electrons. The molecule has 1 saturated heterocycles. The molecule has 32 heavy (non-hydrogen) atoms. The van der Waals surface area contributed by atoms with Crippen molar-refractivity contribution in [3.8, 4) is 0 Å². The van der Waals surface area contributed by atoms with Crippen LogP contribution in [0, 0.1) is 0 Å². The first-order valence-electron chi connectivity index (χ1n) is 10.5. The number of amides is 2. The van der Waals surface area contributed by atoms with Gasteiger partial charge in [-0.05, 0) is 48.0 Å². The van der Waals surface area contributed by atoms with Crippen LogP contribution in [0.25, 0.3) is 6.08 Å². The highest BCUT2D eigenvalue weighted by atomic mass is 35.5. The monoisotopic (exact) mass is 445 g/mol. The molecule has 0 aliphatic carbocycles. The Morgan fingerprint density at radius 1 is 0.812 bits per heavy atom. The zero-order valence-electron chi connectivity index (χ0n) is 17.6. The van der Waals surface area contributed by atoms with Gasteiger partial charge in [0.25, 0.3) is 5.91 Å². The van der Waals surface area contributed by atoms with Gasteiger partial charge in [-0.3, -0.25) is 9.59 Å². The maximum Gasteiger partial charge on any atom is 0.253 e. The van der Waals surface area contributed by atoms with Crippen LogP contribution in [0.15, 0.2) is 84.9 Å². The lowest BCUT2D eigenvalue weighted by Crippen LogP contribution is -2.49. The van der Waals surface area contributed by atoms with Crippen molar-refractivity contribution in [3.63, 3.8) is 0 Å². The van der Waals surface area contributed by atoms with Gasteiger partial charge in [0.2, 0.25) is 5.91 Å². The predicted octanol–water partition coefficient (Wildman–Crippen LogP) is 4.95. The van der Waals surface area contributed by atoms with Crippen molar-refractivity contribution in [1.82, 2.24) is 4.90 Å². The Hall–Kier alpha value is -3.57. The molecular weight excluding hydrogens is 422 g/mol. The molecule has 0 unspecified atom stereocenters. The Kier molecular flexibility index (Phi) is 6.87. The quantitative estimate of drug-likeness (QED) is 0.565. The zero-order valence-corrected chi connectivity index (χ0v) is 18.3. The maximum atomic E-state index is 12.8. The van der Waals surface area contributed by atoms with Crippen LogP contribution in [-0.2, 0) is 4.79 Å². The first kappa shape index (κ1) is 21.7. The smallest absolute Gasteiger partial charge is 0.253 e. The maximum absolute atomic E-state index is 12.8. The molecule has 6 heteroatoms. The summed E-state index contributed by atoms with van der Waals surface area (Å²) >= 11 is 5.93. The number of benzene rings is 3. The van der Waals surface area contributed by atoms with Crippen LogP contribution in [0.5, 0.6) is 0 Å². The topological polar surface area (TPSA) is 52.7 Å². The lowest BCUT2D eigenvalue weighted by atomic mass is 10.1. The number of halogens is 1. The Labute approximate surface area is 192 Å². The molecule has 1 fully saturated rings. The highest BCUT2D eigenvalue weighted by molar-refractivity contribution is 6.30. The second-order valence-corrected chi connectivity index (χ2v) is 7.97. The highest BCUT2D eigenvalue weighted by Crippen LogP contribution is 2.27. The summed E-state index contributed by atoms with van der Waals surface area (Å²) in [6.07, 6.45) is 3.33. The molecule has 4 rings (SSSR count). The fourth-order valence-corrected chi connectivity index (χ4v) is 3.82. The van der Waals surface area contributed by atoms with E-state index < -0.39 is 0 Å². The van der Waals surface area contributed by atoms with E-state index in [1.54, 1.807) is 30.3 Å². The number of carbonyl (C=O) groups excluding carboxylic acids is 2. The summed E-state index contributed by atoms with van der Waals surface area (Å²) in [6, 6.07) is 24.4. The molecule has 3 aromatic rings. The van der Waals surface area contributed by atoms with E-state index in [0.29, 0.717) is 36.8 Å². The van der Waals surface area contributed by atoms with E-state index in [4.69, 9.17) is 11.6 Å². The number of piperazine rings is 1. The van der Waals surface area contributed by atoms with E-state index in [2.05, 4.69) is 10.2 Å². The third-order valence-electron chi connectivity index (χ3n) is 5.39. The molecule has 2 amide bonds. The van der Waals surface area contributed by atoms with Crippen molar-refractivity contribution in [2.45, 2.75) is 0 Å². The van der Waals surface area contributed by atoms with E-state index in [0.717, 1.165) is 16.9 Å². The number of carbonyl (C=O) groups is 2. The summed E-state index contributed by atoms with van der Waals surface area (Å²) < 4.78 is 0. The summed E-state index contributed by atoms with van der Waals surface area (Å²) in [5, 5.41) is 3.60. The molecule has 0 atom stereocenters. The normalized spacial score (nSPS) is 13.9. The summed E-state index contributed by atoms with van der Waals surface area (Å²) in [5.41, 5.74) is 3.32. The average molecular weight is 446 g/mol. The van der Waals surface area contributed by atoms with E-state index in [1.807, 2.05) is 59.5 Å². The van der Waals surface area contributed by atoms with Gasteiger partial charge in [0, 0.05) is 42.8 Å². The van der Waals surface area contributed by atoms with Gasteiger partial charge in [-0.25, -0.2) is 0 Å². The molecule has 1 N–H and O–H groups in total. The van der Waals surface area contributed by atoms with Gasteiger partial charge < -0.3 is 15.1 Å². The second kappa shape index (κ2) is 10.2. The molecule has 1 heterocycles. The number of rotatable bonds is 5. The van der Waals surface area contributed by atoms with Gasteiger partial charge in [-0.2, -0.15) is 0 Å². The Morgan fingerprint density at radius 2 is 1.47 bits per heavy atom. The molecule has 5 nitrogen and oxygen atoms in total. The SMILES string of the molecule is O=C(/C=C/c1ccccc1)Nc1ccccc1N1CCN(C(=O)c2ccc(Cl)cc2)CC1. The van der Waals surface area contributed by atoms with Crippen LogP contribution in [0.1, 0.15) is 15.9 Å². The van der Waals surface area contributed by atoms with Crippen molar-refractivity contribution < 1.29 is 9.59 Å². The second-order valence-electron chi connectivity index (χ2n) is 7.54. The Balaban J connectivity index is 1.39. The summed E-state index contributed by atoms with van der Waals surface area (Å²) in [5.74, 6) is -0.174. The first-order chi connectivity index (χ1) is 15.6. The Bertz CT molecular complexity index is 1110. The minimum Gasteiger partial charge on any atom is -0.366 e. The van der Waals surface area contributed by atoms with Crippen LogP contribution in [-0.4, -0.2) is 42.9 Å². The lowest BCUT2D eigenvalue weighted by molar-refractivity contribution is -0.111. The zero-order chi connectivity index (χ0) is 22.3.